The van der Waals surface area contributed by atoms with Crippen LogP contribution in [-0.2, 0) is 4.79 Å². The van der Waals surface area contributed by atoms with Crippen LogP contribution in [0.3, 0.4) is 0 Å². The Labute approximate surface area is 112 Å². The van der Waals surface area contributed by atoms with Crippen molar-refractivity contribution < 1.29 is 4.79 Å². The summed E-state index contributed by atoms with van der Waals surface area (Å²) in [7, 11) is 0. The van der Waals surface area contributed by atoms with Gasteiger partial charge in [-0.2, -0.15) is 0 Å². The molecule has 1 aliphatic heterocycles. The molecule has 1 nitrogen and oxygen atoms in total. The number of benzene rings is 1. The van der Waals surface area contributed by atoms with Crippen molar-refractivity contribution in [1.29, 1.82) is 0 Å². The lowest BCUT2D eigenvalue weighted by atomic mass is 9.87. The van der Waals surface area contributed by atoms with Crippen LogP contribution in [0.5, 0.6) is 0 Å². The summed E-state index contributed by atoms with van der Waals surface area (Å²) in [6, 6.07) is 8.53. The molecule has 0 aliphatic carbocycles. The van der Waals surface area contributed by atoms with E-state index in [9.17, 15) is 4.79 Å². The number of carbonyl (C=O) groups is 1. The van der Waals surface area contributed by atoms with Gasteiger partial charge in [-0.1, -0.05) is 18.2 Å². The molecule has 0 bridgehead atoms. The Balaban J connectivity index is 2.07. The van der Waals surface area contributed by atoms with Gasteiger partial charge in [0.25, 0.3) is 0 Å². The van der Waals surface area contributed by atoms with E-state index in [2.05, 4.69) is 24.3 Å². The van der Waals surface area contributed by atoms with Crippen molar-refractivity contribution >= 4 is 29.1 Å². The van der Waals surface area contributed by atoms with Crippen LogP contribution >= 0.6 is 23.4 Å². The van der Waals surface area contributed by atoms with Crippen LogP contribution in [0.4, 0.5) is 0 Å². The Bertz CT molecular complexity index is 405. The Morgan fingerprint density at radius 3 is 3.00 bits per heavy atom. The first-order valence-electron chi connectivity index (χ1n) is 6.00. The highest BCUT2D eigenvalue weighted by Crippen LogP contribution is 2.42. The van der Waals surface area contributed by atoms with Crippen LogP contribution in [0.25, 0.3) is 0 Å². The van der Waals surface area contributed by atoms with Crippen molar-refractivity contribution in [3.63, 3.8) is 0 Å². The average Bonchev–Trinajstić information content (AvgIpc) is 2.72. The van der Waals surface area contributed by atoms with Crippen LogP contribution in [-0.4, -0.2) is 17.4 Å². The number of hydrogen-bond donors (Lipinski definition) is 0. The van der Waals surface area contributed by atoms with Crippen molar-refractivity contribution in [3.8, 4) is 0 Å². The van der Waals surface area contributed by atoms with Crippen molar-refractivity contribution in [3.05, 3.63) is 29.8 Å². The molecule has 1 aromatic rings. The quantitative estimate of drug-likeness (QED) is 0.748. The average molecular weight is 269 g/mol. The third-order valence-electron chi connectivity index (χ3n) is 3.40. The van der Waals surface area contributed by atoms with Crippen molar-refractivity contribution in [1.82, 2.24) is 0 Å². The summed E-state index contributed by atoms with van der Waals surface area (Å²) in [4.78, 5) is 12.9. The minimum atomic E-state index is 0.129. The van der Waals surface area contributed by atoms with Gasteiger partial charge in [0.1, 0.15) is 5.78 Å². The molecule has 2 unspecified atom stereocenters. The normalized spacial score (nSPS) is 20.0. The monoisotopic (exact) mass is 268 g/mol. The minimum absolute atomic E-state index is 0.129. The first-order valence-corrected chi connectivity index (χ1v) is 7.52. The molecule has 0 spiro atoms. The Morgan fingerprint density at radius 2 is 2.29 bits per heavy atom. The number of rotatable bonds is 5. The molecular weight excluding hydrogens is 252 g/mol. The Kier molecular flexibility index (Phi) is 4.52. The highest BCUT2D eigenvalue weighted by atomic mass is 35.5. The molecule has 3 heteroatoms. The van der Waals surface area contributed by atoms with E-state index >= 15 is 0 Å². The molecule has 1 heterocycles. The van der Waals surface area contributed by atoms with Crippen LogP contribution in [0, 0.1) is 5.92 Å². The zero-order valence-corrected chi connectivity index (χ0v) is 11.6. The maximum Gasteiger partial charge on any atom is 0.132 e. The third-order valence-corrected chi connectivity index (χ3v) is 4.87. The summed E-state index contributed by atoms with van der Waals surface area (Å²) in [5.74, 6) is 2.61. The maximum atomic E-state index is 11.6. The summed E-state index contributed by atoms with van der Waals surface area (Å²) in [5, 5.41) is 0. The zero-order chi connectivity index (χ0) is 12.3. The standard InChI is InChI=1S/C14H17ClOS/c1-10(16)11(6-7-15)8-12-9-17-14-5-3-2-4-13(12)14/h2-5,11-12H,6-9H2,1H3. The molecule has 0 N–H and O–H groups in total. The predicted octanol–water partition coefficient (Wildman–Crippen LogP) is 4.10. The SMILES string of the molecule is CC(=O)C(CCCl)CC1CSc2ccccc21. The second-order valence-corrected chi connectivity index (χ2v) is 6.01. The third kappa shape index (κ3) is 3.05. The van der Waals surface area contributed by atoms with Gasteiger partial charge in [0, 0.05) is 22.4 Å². The number of alkyl halides is 1. The van der Waals surface area contributed by atoms with Gasteiger partial charge >= 0.3 is 0 Å². The fourth-order valence-corrected chi connectivity index (χ4v) is 3.92. The fraction of sp³-hybridized carbons (Fsp3) is 0.500. The molecule has 17 heavy (non-hydrogen) atoms. The molecule has 2 atom stereocenters. The summed E-state index contributed by atoms with van der Waals surface area (Å²) < 4.78 is 0. The molecule has 0 fully saturated rings. The van der Waals surface area contributed by atoms with Gasteiger partial charge in [0.2, 0.25) is 0 Å². The lowest BCUT2D eigenvalue weighted by Gasteiger charge is -2.17. The molecule has 0 aromatic heterocycles. The zero-order valence-electron chi connectivity index (χ0n) is 9.99. The summed E-state index contributed by atoms with van der Waals surface area (Å²) >= 11 is 7.67. The predicted molar refractivity (Wildman–Crippen MR) is 74.0 cm³/mol. The van der Waals surface area contributed by atoms with Gasteiger partial charge in [0.05, 0.1) is 0 Å². The second-order valence-electron chi connectivity index (χ2n) is 4.57. The summed E-state index contributed by atoms with van der Waals surface area (Å²) in [5.41, 5.74) is 1.42. The number of carbonyl (C=O) groups excluding carboxylic acids is 1. The molecule has 0 amide bonds. The van der Waals surface area contributed by atoms with E-state index in [1.54, 1.807) is 6.92 Å². The van der Waals surface area contributed by atoms with Crippen molar-refractivity contribution in [2.45, 2.75) is 30.6 Å². The molecular formula is C14H17ClOS. The molecule has 1 aromatic carbocycles. The number of fused-ring (bicyclic) bond motifs is 1. The van der Waals surface area contributed by atoms with E-state index < -0.39 is 0 Å². The van der Waals surface area contributed by atoms with Gasteiger partial charge in [-0.25, -0.2) is 0 Å². The first-order chi connectivity index (χ1) is 8.22. The van der Waals surface area contributed by atoms with Gasteiger partial charge in [0.15, 0.2) is 0 Å². The second kappa shape index (κ2) is 5.92. The molecule has 0 radical (unpaired) electrons. The topological polar surface area (TPSA) is 17.1 Å². The smallest absolute Gasteiger partial charge is 0.132 e. The number of halogens is 1. The molecule has 92 valence electrons. The summed E-state index contributed by atoms with van der Waals surface area (Å²) in [6.07, 6.45) is 1.76. The molecule has 2 rings (SSSR count). The van der Waals surface area contributed by atoms with Gasteiger partial charge in [-0.15, -0.1) is 23.4 Å². The number of thioether (sulfide) groups is 1. The molecule has 0 saturated heterocycles. The lowest BCUT2D eigenvalue weighted by molar-refractivity contribution is -0.121. The van der Waals surface area contributed by atoms with Crippen LogP contribution < -0.4 is 0 Å². The van der Waals surface area contributed by atoms with Crippen LogP contribution in [0.1, 0.15) is 31.2 Å². The number of hydrogen-bond acceptors (Lipinski definition) is 2. The molecule has 0 saturated carbocycles. The summed E-state index contributed by atoms with van der Waals surface area (Å²) in [6.45, 7) is 1.69. The fourth-order valence-electron chi connectivity index (χ4n) is 2.39. The number of ketones is 1. The van der Waals surface area contributed by atoms with E-state index in [4.69, 9.17) is 11.6 Å². The van der Waals surface area contributed by atoms with Crippen LogP contribution in [0.2, 0.25) is 0 Å². The van der Waals surface area contributed by atoms with E-state index in [0.29, 0.717) is 11.8 Å². The Hall–Kier alpha value is -0.470. The minimum Gasteiger partial charge on any atom is -0.300 e. The van der Waals surface area contributed by atoms with Crippen LogP contribution in [0.15, 0.2) is 29.2 Å². The molecule has 1 aliphatic rings. The Morgan fingerprint density at radius 1 is 1.53 bits per heavy atom. The van der Waals surface area contributed by atoms with Crippen molar-refractivity contribution in [2.24, 2.45) is 5.92 Å². The number of Topliss-reactive ketones (excluding diaryl/α,β-unsaturated/α-hetero) is 1. The van der Waals surface area contributed by atoms with Gasteiger partial charge in [-0.3, -0.25) is 4.79 Å². The first kappa shape index (κ1) is 13.0. The van der Waals surface area contributed by atoms with E-state index in [-0.39, 0.29) is 11.7 Å². The van der Waals surface area contributed by atoms with Crippen molar-refractivity contribution in [2.75, 3.05) is 11.6 Å². The van der Waals surface area contributed by atoms with Gasteiger partial charge < -0.3 is 0 Å². The highest BCUT2D eigenvalue weighted by Gasteiger charge is 2.27. The highest BCUT2D eigenvalue weighted by molar-refractivity contribution is 7.99. The van der Waals surface area contributed by atoms with Gasteiger partial charge in [-0.05, 0) is 37.3 Å². The lowest BCUT2D eigenvalue weighted by Crippen LogP contribution is -2.15. The van der Waals surface area contributed by atoms with E-state index in [0.717, 1.165) is 18.6 Å². The maximum absolute atomic E-state index is 11.6. The largest absolute Gasteiger partial charge is 0.300 e. The van der Waals surface area contributed by atoms with E-state index in [1.807, 2.05) is 11.8 Å². The van der Waals surface area contributed by atoms with E-state index in [1.165, 1.54) is 10.5 Å².